The molecule has 2 aromatic carbocycles. The average molecular weight is 397 g/mol. The molecule has 7 heteroatoms. The lowest BCUT2D eigenvalue weighted by Crippen LogP contribution is -2.31. The van der Waals surface area contributed by atoms with Gasteiger partial charge in [0.25, 0.3) is 0 Å². The Morgan fingerprint density at radius 2 is 1.82 bits per heavy atom. The zero-order chi connectivity index (χ0) is 19.5. The average Bonchev–Trinajstić information content (AvgIpc) is 2.72. The van der Waals surface area contributed by atoms with Crippen LogP contribution in [0.1, 0.15) is 11.1 Å². The van der Waals surface area contributed by atoms with Gasteiger partial charge in [0.1, 0.15) is 5.82 Å². The van der Waals surface area contributed by atoms with Crippen LogP contribution in [0.25, 0.3) is 0 Å². The van der Waals surface area contributed by atoms with Gasteiger partial charge in [0.15, 0.2) is 11.5 Å². The van der Waals surface area contributed by atoms with E-state index in [9.17, 15) is 0 Å². The van der Waals surface area contributed by atoms with E-state index < -0.39 is 0 Å². The van der Waals surface area contributed by atoms with Gasteiger partial charge in [0.05, 0.1) is 14.2 Å². The van der Waals surface area contributed by atoms with E-state index in [1.807, 2.05) is 36.4 Å². The van der Waals surface area contributed by atoms with Crippen LogP contribution in [0.2, 0.25) is 5.02 Å². The molecule has 1 aliphatic heterocycles. The molecule has 0 amide bonds. The second-order valence-corrected chi connectivity index (χ2v) is 6.96. The number of rotatable bonds is 5. The van der Waals surface area contributed by atoms with E-state index in [0.717, 1.165) is 42.5 Å². The largest absolute Gasteiger partial charge is 0.493 e. The van der Waals surface area contributed by atoms with Gasteiger partial charge in [-0.3, -0.25) is 0 Å². The molecule has 0 atom stereocenters. The number of ether oxygens (including phenoxy) is 2. The number of anilines is 3. The van der Waals surface area contributed by atoms with Crippen molar-refractivity contribution >= 4 is 29.1 Å². The van der Waals surface area contributed by atoms with Crippen molar-refractivity contribution in [2.75, 3.05) is 31.0 Å². The minimum atomic E-state index is 0.677. The maximum atomic E-state index is 6.06. The van der Waals surface area contributed by atoms with Gasteiger partial charge >= 0.3 is 0 Å². The standard InChI is InChI=1S/C21H21ClN4O2/c1-27-18-10-14-7-9-26(13-15(14)11-19(18)28-2)21-23-8-6-20(25-21)24-17-5-3-4-16(22)12-17/h3-6,8,10-12H,7,9,13H2,1-2H3,(H,23,24,25). The van der Waals surface area contributed by atoms with Gasteiger partial charge in [-0.1, -0.05) is 17.7 Å². The van der Waals surface area contributed by atoms with E-state index in [1.54, 1.807) is 20.4 Å². The summed E-state index contributed by atoms with van der Waals surface area (Å²) in [7, 11) is 3.31. The number of hydrogen-bond acceptors (Lipinski definition) is 6. The van der Waals surface area contributed by atoms with Gasteiger partial charge in [-0.05, 0) is 53.9 Å². The molecule has 0 aliphatic carbocycles. The molecule has 6 nitrogen and oxygen atoms in total. The number of methoxy groups -OCH3 is 2. The van der Waals surface area contributed by atoms with Crippen molar-refractivity contribution in [2.24, 2.45) is 0 Å². The lowest BCUT2D eigenvalue weighted by atomic mass is 9.99. The molecule has 0 bridgehead atoms. The second-order valence-electron chi connectivity index (χ2n) is 6.52. The van der Waals surface area contributed by atoms with Crippen molar-refractivity contribution in [1.29, 1.82) is 0 Å². The molecule has 0 unspecified atom stereocenters. The van der Waals surface area contributed by atoms with E-state index >= 15 is 0 Å². The first kappa shape index (κ1) is 18.4. The fourth-order valence-electron chi connectivity index (χ4n) is 3.34. The fourth-order valence-corrected chi connectivity index (χ4v) is 3.53. The molecule has 144 valence electrons. The van der Waals surface area contributed by atoms with E-state index in [4.69, 9.17) is 21.1 Å². The normalized spacial score (nSPS) is 13.0. The summed E-state index contributed by atoms with van der Waals surface area (Å²) in [6.07, 6.45) is 2.66. The maximum absolute atomic E-state index is 6.06. The summed E-state index contributed by atoms with van der Waals surface area (Å²) < 4.78 is 10.9. The molecule has 3 aromatic rings. The molecule has 0 saturated heterocycles. The summed E-state index contributed by atoms with van der Waals surface area (Å²) in [6, 6.07) is 13.5. The van der Waals surface area contributed by atoms with Crippen LogP contribution in [0, 0.1) is 0 Å². The highest BCUT2D eigenvalue weighted by Gasteiger charge is 2.21. The first-order valence-electron chi connectivity index (χ1n) is 9.00. The Balaban J connectivity index is 1.56. The third-order valence-electron chi connectivity index (χ3n) is 4.74. The Bertz CT molecular complexity index is 996. The van der Waals surface area contributed by atoms with Crippen LogP contribution in [0.4, 0.5) is 17.5 Å². The van der Waals surface area contributed by atoms with Gasteiger partial charge in [0.2, 0.25) is 5.95 Å². The van der Waals surface area contributed by atoms with Gasteiger partial charge in [0, 0.05) is 30.0 Å². The smallest absolute Gasteiger partial charge is 0.227 e. The van der Waals surface area contributed by atoms with E-state index in [2.05, 4.69) is 26.3 Å². The van der Waals surface area contributed by atoms with Gasteiger partial charge in [-0.2, -0.15) is 4.98 Å². The van der Waals surface area contributed by atoms with Crippen molar-refractivity contribution in [3.63, 3.8) is 0 Å². The summed E-state index contributed by atoms with van der Waals surface area (Å²) in [5.74, 6) is 2.91. The molecule has 0 saturated carbocycles. The summed E-state index contributed by atoms with van der Waals surface area (Å²) in [6.45, 7) is 1.55. The molecule has 1 aliphatic rings. The lowest BCUT2D eigenvalue weighted by molar-refractivity contribution is 0.353. The van der Waals surface area contributed by atoms with Crippen molar-refractivity contribution in [3.05, 3.63) is 64.8 Å². The number of aromatic nitrogens is 2. The lowest BCUT2D eigenvalue weighted by Gasteiger charge is -2.29. The number of hydrogen-bond donors (Lipinski definition) is 1. The number of fused-ring (bicyclic) bond motifs is 1. The predicted molar refractivity (Wildman–Crippen MR) is 111 cm³/mol. The quantitative estimate of drug-likeness (QED) is 0.687. The Labute approximate surface area is 169 Å². The maximum Gasteiger partial charge on any atom is 0.227 e. The highest BCUT2D eigenvalue weighted by Crippen LogP contribution is 2.34. The zero-order valence-corrected chi connectivity index (χ0v) is 16.5. The summed E-state index contributed by atoms with van der Waals surface area (Å²) in [4.78, 5) is 11.3. The first-order valence-corrected chi connectivity index (χ1v) is 9.38. The second kappa shape index (κ2) is 7.94. The summed E-state index contributed by atoms with van der Waals surface area (Å²) in [5, 5.41) is 3.96. The highest BCUT2D eigenvalue weighted by molar-refractivity contribution is 6.30. The van der Waals surface area contributed by atoms with Crippen LogP contribution < -0.4 is 19.7 Å². The Morgan fingerprint density at radius 3 is 2.57 bits per heavy atom. The van der Waals surface area contributed by atoms with Crippen molar-refractivity contribution in [1.82, 2.24) is 9.97 Å². The van der Waals surface area contributed by atoms with Crippen molar-refractivity contribution in [2.45, 2.75) is 13.0 Å². The van der Waals surface area contributed by atoms with E-state index in [1.165, 1.54) is 11.1 Å². The van der Waals surface area contributed by atoms with Crippen LogP contribution >= 0.6 is 11.6 Å². The summed E-state index contributed by atoms with van der Waals surface area (Å²) >= 11 is 6.06. The SMILES string of the molecule is COc1cc2c(cc1OC)CN(c1nccc(Nc3cccc(Cl)c3)n1)CC2. The van der Waals surface area contributed by atoms with E-state index in [-0.39, 0.29) is 0 Å². The zero-order valence-electron chi connectivity index (χ0n) is 15.8. The van der Waals surface area contributed by atoms with Crippen LogP contribution in [0.5, 0.6) is 11.5 Å². The number of benzene rings is 2. The molecule has 0 fully saturated rings. The fraction of sp³-hybridized carbons (Fsp3) is 0.238. The minimum absolute atomic E-state index is 0.677. The van der Waals surface area contributed by atoms with Crippen molar-refractivity contribution < 1.29 is 9.47 Å². The third kappa shape index (κ3) is 3.82. The molecule has 28 heavy (non-hydrogen) atoms. The molecule has 0 radical (unpaired) electrons. The number of halogens is 1. The molecule has 2 heterocycles. The van der Waals surface area contributed by atoms with E-state index in [0.29, 0.717) is 11.0 Å². The van der Waals surface area contributed by atoms with Gasteiger partial charge in [-0.25, -0.2) is 4.98 Å². The van der Waals surface area contributed by atoms with Crippen LogP contribution in [-0.4, -0.2) is 30.7 Å². The number of nitrogens with zero attached hydrogens (tertiary/aromatic N) is 3. The Kier molecular flexibility index (Phi) is 5.21. The minimum Gasteiger partial charge on any atom is -0.493 e. The third-order valence-corrected chi connectivity index (χ3v) is 4.98. The van der Waals surface area contributed by atoms with Crippen LogP contribution in [0.3, 0.4) is 0 Å². The first-order chi connectivity index (χ1) is 13.7. The highest BCUT2D eigenvalue weighted by atomic mass is 35.5. The molecular weight excluding hydrogens is 376 g/mol. The molecule has 1 aromatic heterocycles. The predicted octanol–water partition coefficient (Wildman–Crippen LogP) is 4.45. The monoisotopic (exact) mass is 396 g/mol. The van der Waals surface area contributed by atoms with Crippen LogP contribution in [-0.2, 0) is 13.0 Å². The summed E-state index contributed by atoms with van der Waals surface area (Å²) in [5.41, 5.74) is 3.35. The van der Waals surface area contributed by atoms with Crippen LogP contribution in [0.15, 0.2) is 48.7 Å². The van der Waals surface area contributed by atoms with Gasteiger partial charge < -0.3 is 19.7 Å². The van der Waals surface area contributed by atoms with Crippen molar-refractivity contribution in [3.8, 4) is 11.5 Å². The molecular formula is C21H21ClN4O2. The van der Waals surface area contributed by atoms with Gasteiger partial charge in [-0.15, -0.1) is 0 Å². The Morgan fingerprint density at radius 1 is 1.04 bits per heavy atom. The number of nitrogens with one attached hydrogen (secondary N) is 1. The topological polar surface area (TPSA) is 59.5 Å². The molecule has 1 N–H and O–H groups in total. The molecule has 0 spiro atoms. The molecule has 4 rings (SSSR count). The Hall–Kier alpha value is -2.99.